The number of rotatable bonds is 8. The number of hydrogen-bond donors (Lipinski definition) is 0. The van der Waals surface area contributed by atoms with E-state index in [1.54, 1.807) is 117 Å². The van der Waals surface area contributed by atoms with Gasteiger partial charge in [0.05, 0.1) is 33.6 Å². The Balaban J connectivity index is 0.000000137. The molecule has 656 valence electrons. The van der Waals surface area contributed by atoms with Crippen LogP contribution in [-0.4, -0.2) is 19.9 Å². The molecule has 20 aromatic rings. The average molecular weight is 1790 g/mol. The van der Waals surface area contributed by atoms with Gasteiger partial charge in [-0.2, -0.15) is 0 Å². The van der Waals surface area contributed by atoms with Gasteiger partial charge in [-0.25, -0.2) is 18.3 Å². The number of pyridine rings is 8. The maximum Gasteiger partial charge on any atom is 0.216 e. The van der Waals surface area contributed by atoms with Crippen molar-refractivity contribution >= 4 is 87.8 Å². The molecule has 24 rings (SSSR count). The minimum atomic E-state index is -3.19. The summed E-state index contributed by atoms with van der Waals surface area (Å²) in [5.41, 5.74) is 0.940. The normalized spacial score (nSPS) is 21.9. The predicted molar refractivity (Wildman–Crippen MR) is 538 cm³/mol. The maximum absolute atomic E-state index is 8.73. The Morgan fingerprint density at radius 2 is 0.598 bits per heavy atom. The topological polar surface area (TPSA) is 120 Å². The van der Waals surface area contributed by atoms with E-state index in [-0.39, 0.29) is 100 Å². The van der Waals surface area contributed by atoms with Crippen molar-refractivity contribution in [1.82, 2.24) is 19.9 Å². The van der Waals surface area contributed by atoms with Crippen LogP contribution in [0.15, 0.2) is 262 Å². The minimum Gasteiger partial charge on any atom is -0.454 e. The summed E-state index contributed by atoms with van der Waals surface area (Å²) in [5, 5.41) is 4.75. The number of fused-ring (bicyclic) bond motifs is 28. The van der Waals surface area contributed by atoms with E-state index in [1.165, 1.54) is 153 Å². The van der Waals surface area contributed by atoms with Crippen LogP contribution in [0.2, 0.25) is 0 Å². The Hall–Kier alpha value is -13.8. The predicted octanol–water partition coefficient (Wildman–Crippen LogP) is 28.8. The van der Waals surface area contributed by atoms with E-state index in [0.717, 1.165) is 0 Å². The summed E-state index contributed by atoms with van der Waals surface area (Å²) in [6, 6.07) is 47.1. The Morgan fingerprint density at radius 1 is 0.280 bits per heavy atom. The third-order valence-corrected chi connectivity index (χ3v) is 26.3. The van der Waals surface area contributed by atoms with Crippen molar-refractivity contribution in [1.29, 1.82) is 0 Å². The molecule has 12 heteroatoms. The highest BCUT2D eigenvalue weighted by Crippen LogP contribution is 2.58. The zero-order valence-corrected chi connectivity index (χ0v) is 72.3. The molecule has 0 fully saturated rings. The van der Waals surface area contributed by atoms with Gasteiger partial charge in [0.2, 0.25) is 22.8 Å². The van der Waals surface area contributed by atoms with E-state index in [2.05, 4.69) is 19.9 Å². The van der Waals surface area contributed by atoms with Gasteiger partial charge >= 0.3 is 0 Å². The summed E-state index contributed by atoms with van der Waals surface area (Å²) >= 11 is 0. The molecule has 0 unspecified atom stereocenters. The molecule has 4 aliphatic rings. The van der Waals surface area contributed by atoms with Crippen molar-refractivity contribution in [3.05, 3.63) is 333 Å². The zero-order chi connectivity index (χ0) is 136. The molecule has 4 aliphatic carbocycles. The maximum atomic E-state index is 8.73. The van der Waals surface area contributed by atoms with Crippen LogP contribution in [0, 0.1) is 27.7 Å². The first-order chi connectivity index (χ1) is 84.3. The Morgan fingerprint density at radius 3 is 1.00 bits per heavy atom. The second kappa shape index (κ2) is 30.9. The molecular weight excluding hydrogens is 1620 g/mol. The van der Waals surface area contributed by atoms with Crippen LogP contribution in [0.25, 0.3) is 177 Å². The number of benzene rings is 8. The van der Waals surface area contributed by atoms with Crippen molar-refractivity contribution in [3.63, 3.8) is 0 Å². The fourth-order valence-corrected chi connectivity index (χ4v) is 19.7. The summed E-state index contributed by atoms with van der Waals surface area (Å²) < 4.78 is 463. The molecule has 0 N–H and O–H groups in total. The minimum absolute atomic E-state index is 0.0490. The molecule has 0 radical (unpaired) electrons. The lowest BCUT2D eigenvalue weighted by Crippen LogP contribution is -2.31. The zero-order valence-electron chi connectivity index (χ0n) is 124. The standard InChI is InChI=1S/4C30H29N2O/c1-17(2)19-12-14-32(6)25(15-19)26-18(3)7-8-20-21-9-10-24-27(29(21)33-28(20)26)22-16-31-13-11-23(22)30(24,4)5;1-17(2)19-12-14-32(6)25(15-19)26-18(3)7-8-20-21-9-10-23-27(29(21)33-28(20)26)22-11-13-31-16-24(22)30(23,4)5;1-17(2)19-13-15-32(6)24(16-19)25-18(3)9-10-20-21-11-12-22-26(29(21)33-28(20)25)27-23(30(22,4)5)8-7-14-31-27;1-17(2)19-13-15-32(6)24(16-19)25-18(3)9-10-20-21-11-12-23-26(28(21)33-27(20)25)22-8-7-14-31-29(22)30(23,4)5/h4*7-17H,1-6H3/q4*+1/i4*1D3,2D3,4D3,5D3,17D. The molecule has 132 heavy (non-hydrogen) atoms. The summed E-state index contributed by atoms with van der Waals surface area (Å²) in [7, 11) is 6.77. The fraction of sp³-hybridized carbons (Fsp3) is 0.267. The lowest BCUT2D eigenvalue weighted by atomic mass is 9.82. The van der Waals surface area contributed by atoms with Gasteiger partial charge in [0.25, 0.3) is 0 Å². The molecule has 0 amide bonds. The van der Waals surface area contributed by atoms with Crippen LogP contribution >= 0.6 is 0 Å². The lowest BCUT2D eigenvalue weighted by Gasteiger charge is -2.20. The van der Waals surface area contributed by atoms with Crippen LogP contribution < -0.4 is 18.3 Å². The molecule has 8 aromatic carbocycles. The highest BCUT2D eigenvalue weighted by molar-refractivity contribution is 6.19. The van der Waals surface area contributed by atoms with Crippen LogP contribution in [0.4, 0.5) is 0 Å². The number of nitrogens with zero attached hydrogens (tertiary/aromatic N) is 8. The number of aromatic nitrogens is 8. The second-order valence-corrected chi connectivity index (χ2v) is 34.2. The second-order valence-electron chi connectivity index (χ2n) is 34.2. The highest BCUT2D eigenvalue weighted by atomic mass is 16.3. The van der Waals surface area contributed by atoms with Gasteiger partial charge in [-0.3, -0.25) is 19.9 Å². The van der Waals surface area contributed by atoms with E-state index < -0.39 is 155 Å². The molecule has 0 saturated heterocycles. The Labute approximate surface area is 846 Å². The lowest BCUT2D eigenvalue weighted by molar-refractivity contribution is -0.660. The molecule has 0 atom stereocenters. The number of furan rings is 4. The molecule has 12 heterocycles. The van der Waals surface area contributed by atoms with Crippen LogP contribution in [0.1, 0.15) is 294 Å². The average Bonchev–Trinajstić information content (AvgIpc) is 1.51. The number of aryl methyl sites for hydroxylation is 8. The monoisotopic (exact) mass is 1790 g/mol. The van der Waals surface area contributed by atoms with E-state index >= 15 is 0 Å². The molecular formula is C120H116N8O4+4. The van der Waals surface area contributed by atoms with Crippen molar-refractivity contribution in [2.45, 2.75) is 183 Å². The first kappa shape index (κ1) is 44.9. The highest BCUT2D eigenvalue weighted by Gasteiger charge is 2.44. The first-order valence-corrected chi connectivity index (χ1v) is 42.2. The molecule has 0 saturated carbocycles. The summed E-state index contributed by atoms with van der Waals surface area (Å²) in [4.78, 5) is 17.0. The molecule has 12 nitrogen and oxygen atoms in total. The summed E-state index contributed by atoms with van der Waals surface area (Å²) in [6.45, 7) is -42.1. The van der Waals surface area contributed by atoms with Gasteiger partial charge in [-0.1, -0.05) is 219 Å². The van der Waals surface area contributed by atoms with E-state index in [4.69, 9.17) is 88.9 Å². The Bertz CT molecular complexity index is 9270. The summed E-state index contributed by atoms with van der Waals surface area (Å²) in [5.74, 6) is -11.7. The van der Waals surface area contributed by atoms with E-state index in [9.17, 15) is 0 Å². The third kappa shape index (κ3) is 12.9. The van der Waals surface area contributed by atoms with Crippen molar-refractivity contribution in [2.75, 3.05) is 0 Å². The van der Waals surface area contributed by atoms with E-state index in [0.29, 0.717) is 166 Å². The van der Waals surface area contributed by atoms with Gasteiger partial charge in [-0.15, -0.1) is 0 Å². The quantitative estimate of drug-likeness (QED) is 0.138. The smallest absolute Gasteiger partial charge is 0.216 e. The Kier molecular flexibility index (Phi) is 10.5. The van der Waals surface area contributed by atoms with Crippen LogP contribution in [-0.2, 0) is 49.9 Å². The van der Waals surface area contributed by atoms with Gasteiger partial charge in [0, 0.05) is 255 Å². The van der Waals surface area contributed by atoms with Gasteiger partial charge < -0.3 is 17.7 Å². The van der Waals surface area contributed by atoms with Crippen LogP contribution in [0.3, 0.4) is 0 Å². The van der Waals surface area contributed by atoms with Crippen LogP contribution in [0.5, 0.6) is 0 Å². The molecule has 0 spiro atoms. The van der Waals surface area contributed by atoms with Gasteiger partial charge in [0.15, 0.2) is 24.8 Å². The van der Waals surface area contributed by atoms with Gasteiger partial charge in [-0.05, 0) is 165 Å². The van der Waals surface area contributed by atoms with Crippen molar-refractivity contribution < 1.29 is 107 Å². The number of hydrogen-bond acceptors (Lipinski definition) is 8. The third-order valence-electron chi connectivity index (χ3n) is 26.3. The SMILES string of the molecule is [2H]C([2H])([2H])C([2H])(c1cc[n+](C)c(-c2c(C)ccc3c2oc2c4c(ccc23)C(C([2H])([2H])[2H])(C([2H])([2H])[2H])c2cccnc2-4)c1)C([2H])([2H])[2H].[2H]C([2H])([2H])C([2H])(c1cc[n+](C)c(-c2c(C)ccc3c2oc2c4c(ccc23)C(C([2H])([2H])[2H])(C([2H])([2H])[2H])c2ccncc2-4)c1)C([2H])([2H])[2H].[2H]C([2H])([2H])C([2H])(c1cc[n+](C)c(-c2c(C)ccc3c2oc2c4c(ccc23)C(C([2H])([2H])[2H])(C([2H])([2H])[2H])c2cnccc2-4)c1)C([2H])([2H])[2H].[2H]C([2H])([2H])C([2H])(c1cc[n+](C)c(-c2c(C)ccc3c2oc2c4c(ccc23)C(C([2H])([2H])[2H])(C([2H])([2H])[2H])c2ncccc2-4)c1)C([2H])([2H])[2H]. The largest absolute Gasteiger partial charge is 0.454 e. The molecule has 0 aliphatic heterocycles. The van der Waals surface area contributed by atoms with E-state index in [1.807, 2.05) is 48.5 Å². The fourth-order valence-electron chi connectivity index (χ4n) is 19.7. The van der Waals surface area contributed by atoms with Gasteiger partial charge in [0.1, 0.15) is 72.9 Å². The first-order valence-electron chi connectivity index (χ1n) is 68.2. The van der Waals surface area contributed by atoms with Crippen molar-refractivity contribution in [3.8, 4) is 89.7 Å². The molecule has 12 aromatic heterocycles. The summed E-state index contributed by atoms with van der Waals surface area (Å²) in [6.07, 6.45) is 14.4. The molecule has 0 bridgehead atoms. The van der Waals surface area contributed by atoms with Crippen molar-refractivity contribution in [2.24, 2.45) is 28.2 Å².